The topological polar surface area (TPSA) is 94.1 Å². The van der Waals surface area contributed by atoms with E-state index in [9.17, 15) is 14.0 Å². The van der Waals surface area contributed by atoms with Gasteiger partial charge in [0, 0.05) is 31.6 Å². The number of halogens is 1. The fourth-order valence-electron chi connectivity index (χ4n) is 4.15. The Balaban J connectivity index is 1.24. The van der Waals surface area contributed by atoms with E-state index >= 15 is 0 Å². The highest BCUT2D eigenvalue weighted by Crippen LogP contribution is 2.28. The zero-order valence-electron chi connectivity index (χ0n) is 17.9. The van der Waals surface area contributed by atoms with Gasteiger partial charge >= 0.3 is 0 Å². The summed E-state index contributed by atoms with van der Waals surface area (Å²) in [5, 5.41) is 8.79. The molecule has 3 heterocycles. The van der Waals surface area contributed by atoms with Crippen molar-refractivity contribution in [2.24, 2.45) is 0 Å². The van der Waals surface area contributed by atoms with Gasteiger partial charge in [-0.1, -0.05) is 12.1 Å². The minimum atomic E-state index is -0.332. The van der Waals surface area contributed by atoms with E-state index in [0.29, 0.717) is 41.3 Å². The number of piperidine rings is 1. The molecule has 33 heavy (non-hydrogen) atoms. The SMILES string of the molecule is O=C(CCn1cnc2ccccc2c1=O)N1CCCC(c2nnc(-c3ccc(F)cc3)o2)C1. The first-order chi connectivity index (χ1) is 16.1. The second kappa shape index (κ2) is 8.93. The molecule has 2 aromatic carbocycles. The van der Waals surface area contributed by atoms with Gasteiger partial charge in [-0.3, -0.25) is 14.2 Å². The largest absolute Gasteiger partial charge is 0.420 e. The van der Waals surface area contributed by atoms with Gasteiger partial charge in [-0.15, -0.1) is 10.2 Å². The third kappa shape index (κ3) is 4.39. The molecule has 0 bridgehead atoms. The maximum absolute atomic E-state index is 13.2. The van der Waals surface area contributed by atoms with Crippen molar-refractivity contribution in [1.82, 2.24) is 24.6 Å². The zero-order chi connectivity index (χ0) is 22.8. The molecule has 168 valence electrons. The first-order valence-corrected chi connectivity index (χ1v) is 10.9. The molecule has 0 aliphatic carbocycles. The first kappa shape index (κ1) is 21.0. The fourth-order valence-corrected chi connectivity index (χ4v) is 4.15. The molecule has 9 heteroatoms. The highest BCUT2D eigenvalue weighted by molar-refractivity contribution is 5.77. The van der Waals surface area contributed by atoms with Gasteiger partial charge in [0.1, 0.15) is 5.82 Å². The lowest BCUT2D eigenvalue weighted by molar-refractivity contribution is -0.132. The summed E-state index contributed by atoms with van der Waals surface area (Å²) in [5.74, 6) is 0.382. The van der Waals surface area contributed by atoms with Gasteiger partial charge in [-0.2, -0.15) is 0 Å². The van der Waals surface area contributed by atoms with Crippen molar-refractivity contribution >= 4 is 16.8 Å². The molecule has 2 aromatic heterocycles. The minimum absolute atomic E-state index is 0.0296. The van der Waals surface area contributed by atoms with Gasteiger partial charge < -0.3 is 9.32 Å². The molecule has 1 amide bonds. The molecule has 0 spiro atoms. The van der Waals surface area contributed by atoms with Crippen molar-refractivity contribution in [3.8, 4) is 11.5 Å². The number of rotatable bonds is 5. The summed E-state index contributed by atoms with van der Waals surface area (Å²) in [6, 6.07) is 13.0. The number of likely N-dealkylation sites (tertiary alicyclic amines) is 1. The lowest BCUT2D eigenvalue weighted by Crippen LogP contribution is -2.39. The average molecular weight is 447 g/mol. The quantitative estimate of drug-likeness (QED) is 0.466. The van der Waals surface area contributed by atoms with Crippen molar-refractivity contribution in [2.75, 3.05) is 13.1 Å². The van der Waals surface area contributed by atoms with Gasteiger partial charge in [0.05, 0.1) is 23.1 Å². The van der Waals surface area contributed by atoms with Gasteiger partial charge in [0.2, 0.25) is 17.7 Å². The summed E-state index contributed by atoms with van der Waals surface area (Å²) in [5.41, 5.74) is 1.14. The molecule has 8 nitrogen and oxygen atoms in total. The lowest BCUT2D eigenvalue weighted by Gasteiger charge is -2.31. The van der Waals surface area contributed by atoms with Crippen LogP contribution in [0.2, 0.25) is 0 Å². The summed E-state index contributed by atoms with van der Waals surface area (Å²) in [6.07, 6.45) is 3.36. The molecule has 5 rings (SSSR count). The van der Waals surface area contributed by atoms with Crippen LogP contribution in [0.3, 0.4) is 0 Å². The number of aromatic nitrogens is 4. The Morgan fingerprint density at radius 2 is 1.94 bits per heavy atom. The summed E-state index contributed by atoms with van der Waals surface area (Å²) < 4.78 is 20.5. The number of carbonyl (C=O) groups excluding carboxylic acids is 1. The number of aryl methyl sites for hydroxylation is 1. The van der Waals surface area contributed by atoms with Crippen LogP contribution in [0.4, 0.5) is 4.39 Å². The van der Waals surface area contributed by atoms with Crippen molar-refractivity contribution in [1.29, 1.82) is 0 Å². The highest BCUT2D eigenvalue weighted by atomic mass is 19.1. The molecule has 0 saturated carbocycles. The van der Waals surface area contributed by atoms with Crippen LogP contribution in [0, 0.1) is 5.82 Å². The molecule has 0 radical (unpaired) electrons. The Morgan fingerprint density at radius 3 is 2.79 bits per heavy atom. The van der Waals surface area contributed by atoms with Crippen molar-refractivity contribution in [3.63, 3.8) is 0 Å². The maximum Gasteiger partial charge on any atom is 0.261 e. The predicted molar refractivity (Wildman–Crippen MR) is 119 cm³/mol. The van der Waals surface area contributed by atoms with Crippen molar-refractivity contribution in [2.45, 2.75) is 31.7 Å². The smallest absolute Gasteiger partial charge is 0.261 e. The molecule has 1 aliphatic heterocycles. The standard InChI is InChI=1S/C24H22FN5O3/c25-18-9-7-16(8-10-18)22-27-28-23(33-22)17-4-3-12-29(14-17)21(31)11-13-30-15-26-20-6-2-1-5-19(20)24(30)32/h1-2,5-10,15,17H,3-4,11-14H2. The van der Waals surface area contributed by atoms with Crippen LogP contribution < -0.4 is 5.56 Å². The summed E-state index contributed by atoms with van der Waals surface area (Å²) in [7, 11) is 0. The van der Waals surface area contributed by atoms with E-state index in [1.54, 1.807) is 35.2 Å². The predicted octanol–water partition coefficient (Wildman–Crippen LogP) is 3.38. The number of amides is 1. The average Bonchev–Trinajstić information content (AvgIpc) is 3.35. The fraction of sp³-hybridized carbons (Fsp3) is 0.292. The zero-order valence-corrected chi connectivity index (χ0v) is 17.9. The van der Waals surface area contributed by atoms with E-state index in [-0.39, 0.29) is 36.2 Å². The van der Waals surface area contributed by atoms with E-state index in [1.807, 2.05) is 6.07 Å². The molecular formula is C24H22FN5O3. The number of para-hydroxylation sites is 1. The molecule has 1 fully saturated rings. The Kier molecular flexibility index (Phi) is 5.68. The number of hydrogen-bond donors (Lipinski definition) is 0. The van der Waals surface area contributed by atoms with E-state index in [0.717, 1.165) is 12.8 Å². The molecule has 1 atom stereocenters. The number of fused-ring (bicyclic) bond motifs is 1. The first-order valence-electron chi connectivity index (χ1n) is 10.9. The Bertz CT molecular complexity index is 1350. The minimum Gasteiger partial charge on any atom is -0.420 e. The Morgan fingerprint density at radius 1 is 1.12 bits per heavy atom. The van der Waals surface area contributed by atoms with E-state index in [2.05, 4.69) is 15.2 Å². The van der Waals surface area contributed by atoms with Crippen molar-refractivity contribution in [3.05, 3.63) is 76.9 Å². The molecule has 1 aliphatic rings. The molecular weight excluding hydrogens is 425 g/mol. The summed E-state index contributed by atoms with van der Waals surface area (Å²) in [4.78, 5) is 31.6. The van der Waals surface area contributed by atoms with Gasteiger partial charge in [0.15, 0.2) is 0 Å². The summed E-state index contributed by atoms with van der Waals surface area (Å²) >= 11 is 0. The van der Waals surface area contributed by atoms with Crippen LogP contribution in [0.15, 0.2) is 64.1 Å². The number of hydrogen-bond acceptors (Lipinski definition) is 6. The Labute approximate surface area is 188 Å². The molecule has 1 saturated heterocycles. The second-order valence-corrected chi connectivity index (χ2v) is 8.14. The molecule has 0 N–H and O–H groups in total. The molecule has 1 unspecified atom stereocenters. The lowest BCUT2D eigenvalue weighted by atomic mass is 9.98. The highest BCUT2D eigenvalue weighted by Gasteiger charge is 2.28. The molecule has 4 aromatic rings. The number of benzene rings is 2. The van der Waals surface area contributed by atoms with E-state index in [4.69, 9.17) is 4.42 Å². The van der Waals surface area contributed by atoms with E-state index < -0.39 is 0 Å². The normalized spacial score (nSPS) is 16.3. The number of nitrogens with zero attached hydrogens (tertiary/aromatic N) is 5. The third-order valence-corrected chi connectivity index (χ3v) is 5.95. The monoisotopic (exact) mass is 447 g/mol. The van der Waals surface area contributed by atoms with Crippen LogP contribution in [0.5, 0.6) is 0 Å². The number of carbonyl (C=O) groups is 1. The Hall–Kier alpha value is -3.88. The van der Waals surface area contributed by atoms with Crippen molar-refractivity contribution < 1.29 is 13.6 Å². The van der Waals surface area contributed by atoms with Gasteiger partial charge in [0.25, 0.3) is 5.56 Å². The van der Waals surface area contributed by atoms with Crippen LogP contribution >= 0.6 is 0 Å². The van der Waals surface area contributed by atoms with E-state index in [1.165, 1.54) is 23.0 Å². The third-order valence-electron chi connectivity index (χ3n) is 5.95. The van der Waals surface area contributed by atoms with Gasteiger partial charge in [-0.05, 0) is 49.2 Å². The van der Waals surface area contributed by atoms with Crippen LogP contribution in [0.25, 0.3) is 22.4 Å². The van der Waals surface area contributed by atoms with Crippen LogP contribution in [0.1, 0.15) is 31.1 Å². The summed E-state index contributed by atoms with van der Waals surface area (Å²) in [6.45, 7) is 1.40. The maximum atomic E-state index is 13.2. The second-order valence-electron chi connectivity index (χ2n) is 8.14. The van der Waals surface area contributed by atoms with Gasteiger partial charge in [-0.25, -0.2) is 9.37 Å². The van der Waals surface area contributed by atoms with Crippen LogP contribution in [-0.4, -0.2) is 43.6 Å². The van der Waals surface area contributed by atoms with Crippen LogP contribution in [-0.2, 0) is 11.3 Å².